The van der Waals surface area contributed by atoms with E-state index in [2.05, 4.69) is 27.4 Å². The van der Waals surface area contributed by atoms with Crippen molar-refractivity contribution < 1.29 is 34.8 Å². The van der Waals surface area contributed by atoms with E-state index in [1.165, 1.54) is 17.5 Å². The summed E-state index contributed by atoms with van der Waals surface area (Å²) in [7, 11) is 0. The van der Waals surface area contributed by atoms with Gasteiger partial charge in [-0.1, -0.05) is 0 Å². The molecule has 2 heterocycles. The number of hydrogen-bond acceptors (Lipinski definition) is 7. The highest BCUT2D eigenvalue weighted by Gasteiger charge is 2.40. The monoisotopic (exact) mass is 403 g/mol. The van der Waals surface area contributed by atoms with Crippen molar-refractivity contribution in [1.82, 2.24) is 15.3 Å². The van der Waals surface area contributed by atoms with E-state index in [9.17, 15) is 14.4 Å². The van der Waals surface area contributed by atoms with Gasteiger partial charge in [-0.25, -0.2) is 4.79 Å². The average Bonchev–Trinajstić information content (AvgIpc) is 2.88. The van der Waals surface area contributed by atoms with Crippen molar-refractivity contribution in [1.29, 1.82) is 0 Å². The van der Waals surface area contributed by atoms with Gasteiger partial charge in [0.05, 0.1) is 23.9 Å². The Morgan fingerprint density at radius 2 is 1.38 bits per heavy atom. The van der Waals surface area contributed by atoms with Gasteiger partial charge in [0.15, 0.2) is 5.60 Å². The Kier molecular flexibility index (Phi) is 5.76. The first kappa shape index (κ1) is 20.6. The van der Waals surface area contributed by atoms with Crippen LogP contribution in [0.3, 0.4) is 0 Å². The molecule has 0 radical (unpaired) electrons. The molecule has 0 saturated carbocycles. The van der Waals surface area contributed by atoms with Crippen LogP contribution in [0, 0.1) is 0 Å². The summed E-state index contributed by atoms with van der Waals surface area (Å²) in [5, 5.41) is 37.3. The quantitative estimate of drug-likeness (QED) is 0.475. The topological polar surface area (TPSA) is 170 Å². The molecule has 29 heavy (non-hydrogen) atoms. The lowest BCUT2D eigenvalue weighted by atomic mass is 9.96. The van der Waals surface area contributed by atoms with Gasteiger partial charge in [-0.15, -0.1) is 0 Å². The van der Waals surface area contributed by atoms with Gasteiger partial charge in [0.2, 0.25) is 0 Å². The number of aromatic nitrogens is 2. The molecule has 1 aliphatic carbocycles. The summed E-state index contributed by atoms with van der Waals surface area (Å²) in [6.07, 6.45) is 2.56. The number of carbonyl (C=O) groups is 3. The number of nitrogens with zero attached hydrogens (tertiary/aromatic N) is 2. The van der Waals surface area contributed by atoms with Gasteiger partial charge in [0.1, 0.15) is 0 Å². The Morgan fingerprint density at radius 1 is 0.931 bits per heavy atom. The SMILES string of the molecule is O=C(O)CC(O)(CC(=O)O)C(=O)O.c1cnc2cc3c(cc2n1)[C@@H]1CNC[C@H]3C1. The van der Waals surface area contributed by atoms with Crippen molar-refractivity contribution in [2.45, 2.75) is 36.7 Å². The van der Waals surface area contributed by atoms with Crippen LogP contribution in [-0.4, -0.2) is 67.0 Å². The number of carboxylic acids is 3. The van der Waals surface area contributed by atoms with Crippen molar-refractivity contribution in [2.75, 3.05) is 13.1 Å². The van der Waals surface area contributed by atoms with E-state index in [0.717, 1.165) is 24.1 Å². The number of nitrogens with one attached hydrogen (secondary N) is 1. The molecule has 10 nitrogen and oxygen atoms in total. The highest BCUT2D eigenvalue weighted by atomic mass is 16.4. The molecule has 2 aromatic rings. The summed E-state index contributed by atoms with van der Waals surface area (Å²) >= 11 is 0. The summed E-state index contributed by atoms with van der Waals surface area (Å²) in [4.78, 5) is 39.3. The van der Waals surface area contributed by atoms with E-state index in [0.29, 0.717) is 11.8 Å². The molecule has 1 saturated heterocycles. The largest absolute Gasteiger partial charge is 0.481 e. The van der Waals surface area contributed by atoms with Crippen molar-refractivity contribution in [3.63, 3.8) is 0 Å². The van der Waals surface area contributed by atoms with Gasteiger partial charge in [-0.3, -0.25) is 19.6 Å². The molecular weight excluding hydrogens is 382 g/mol. The summed E-state index contributed by atoms with van der Waals surface area (Å²) < 4.78 is 0. The molecule has 10 heteroatoms. The maximum Gasteiger partial charge on any atom is 0.336 e. The fourth-order valence-electron chi connectivity index (χ4n) is 3.88. The highest BCUT2D eigenvalue weighted by molar-refractivity contribution is 5.88. The third kappa shape index (κ3) is 4.49. The van der Waals surface area contributed by atoms with Gasteiger partial charge in [-0.2, -0.15) is 0 Å². The molecule has 154 valence electrons. The Labute approximate surface area is 165 Å². The fraction of sp³-hybridized carbons (Fsp3) is 0.421. The number of piperidine rings is 1. The van der Waals surface area contributed by atoms with Crippen LogP contribution in [0.1, 0.15) is 42.2 Å². The number of fused-ring (bicyclic) bond motifs is 6. The zero-order valence-electron chi connectivity index (χ0n) is 15.4. The first-order valence-corrected chi connectivity index (χ1v) is 9.04. The van der Waals surface area contributed by atoms with Crippen LogP contribution in [0.25, 0.3) is 11.0 Å². The minimum Gasteiger partial charge on any atom is -0.481 e. The first-order valence-electron chi connectivity index (χ1n) is 9.04. The average molecular weight is 403 g/mol. The highest BCUT2D eigenvalue weighted by Crippen LogP contribution is 2.44. The predicted molar refractivity (Wildman–Crippen MR) is 99.6 cm³/mol. The molecule has 0 unspecified atom stereocenters. The third-order valence-electron chi connectivity index (χ3n) is 5.19. The van der Waals surface area contributed by atoms with E-state index < -0.39 is 36.4 Å². The molecule has 2 aliphatic rings. The molecule has 1 aromatic heterocycles. The van der Waals surface area contributed by atoms with Crippen LogP contribution in [0.2, 0.25) is 0 Å². The van der Waals surface area contributed by atoms with E-state index in [1.54, 1.807) is 12.4 Å². The van der Waals surface area contributed by atoms with Crippen LogP contribution < -0.4 is 5.32 Å². The third-order valence-corrected chi connectivity index (χ3v) is 5.19. The molecule has 0 amide bonds. The summed E-state index contributed by atoms with van der Waals surface area (Å²) in [5.41, 5.74) is 2.34. The lowest BCUT2D eigenvalue weighted by Crippen LogP contribution is -2.42. The minimum absolute atomic E-state index is 0.695. The minimum atomic E-state index is -2.74. The van der Waals surface area contributed by atoms with Crippen LogP contribution in [0.4, 0.5) is 0 Å². The number of carboxylic acid groups (broad SMARTS) is 3. The number of hydrogen-bond donors (Lipinski definition) is 5. The van der Waals surface area contributed by atoms with Crippen molar-refractivity contribution in [3.05, 3.63) is 35.7 Å². The van der Waals surface area contributed by atoms with Gasteiger partial charge in [-0.05, 0) is 41.5 Å². The standard InChI is InChI=1S/C13H13N3.C6H8O7/c1-2-16-13-5-11-9-3-8(6-14-7-9)10(11)4-12(13)15-1;7-3(8)1-6(13,5(11)12)2-4(9)10/h1-2,4-5,8-9,14H,3,6-7H2;13H,1-2H2,(H,7,8)(H,9,10)(H,11,12)/t8-,9+;. The van der Waals surface area contributed by atoms with E-state index in [-0.39, 0.29) is 0 Å². The normalized spacial score (nSPS) is 19.8. The summed E-state index contributed by atoms with van der Waals surface area (Å²) in [5.74, 6) is -3.63. The smallest absolute Gasteiger partial charge is 0.336 e. The molecule has 1 fully saturated rings. The van der Waals surface area contributed by atoms with E-state index in [4.69, 9.17) is 20.4 Å². The van der Waals surface area contributed by atoms with Gasteiger partial charge in [0.25, 0.3) is 0 Å². The number of rotatable bonds is 5. The zero-order chi connectivity index (χ0) is 21.2. The fourth-order valence-corrected chi connectivity index (χ4v) is 3.88. The molecule has 0 spiro atoms. The molecule has 4 rings (SSSR count). The second kappa shape index (κ2) is 8.10. The number of aliphatic hydroxyl groups is 1. The summed E-state index contributed by atoms with van der Waals surface area (Å²) in [6, 6.07) is 4.49. The van der Waals surface area contributed by atoms with Crippen LogP contribution in [0.15, 0.2) is 24.5 Å². The molecule has 2 atom stereocenters. The zero-order valence-corrected chi connectivity index (χ0v) is 15.4. The summed E-state index contributed by atoms with van der Waals surface area (Å²) in [6.45, 7) is 2.24. The van der Waals surface area contributed by atoms with Gasteiger partial charge >= 0.3 is 17.9 Å². The predicted octanol–water partition coefficient (Wildman–Crippen LogP) is 0.555. The van der Waals surface area contributed by atoms with Crippen molar-refractivity contribution in [3.8, 4) is 0 Å². The second-order valence-electron chi connectivity index (χ2n) is 7.29. The van der Waals surface area contributed by atoms with Gasteiger partial charge in [0, 0.05) is 25.5 Å². The Hall–Kier alpha value is -3.11. The maximum absolute atomic E-state index is 10.3. The lowest BCUT2D eigenvalue weighted by molar-refractivity contribution is -0.170. The van der Waals surface area contributed by atoms with Crippen LogP contribution in [-0.2, 0) is 14.4 Å². The van der Waals surface area contributed by atoms with E-state index in [1.807, 2.05) is 0 Å². The Bertz CT molecular complexity index is 897. The maximum atomic E-state index is 10.3. The van der Waals surface area contributed by atoms with Crippen LogP contribution >= 0.6 is 0 Å². The Morgan fingerprint density at radius 3 is 1.76 bits per heavy atom. The number of aliphatic carboxylic acids is 3. The molecule has 5 N–H and O–H groups in total. The molecular formula is C19H21N3O7. The molecule has 1 aliphatic heterocycles. The van der Waals surface area contributed by atoms with Gasteiger partial charge < -0.3 is 25.7 Å². The lowest BCUT2D eigenvalue weighted by Gasteiger charge is -2.19. The number of benzene rings is 1. The Balaban J connectivity index is 0.000000171. The first-order chi connectivity index (χ1) is 13.7. The second-order valence-corrected chi connectivity index (χ2v) is 7.29. The van der Waals surface area contributed by atoms with Crippen molar-refractivity contribution in [2.24, 2.45) is 0 Å². The van der Waals surface area contributed by atoms with Crippen molar-refractivity contribution >= 4 is 28.9 Å². The molecule has 1 aromatic carbocycles. The van der Waals surface area contributed by atoms with E-state index >= 15 is 0 Å². The molecule has 2 bridgehead atoms. The van der Waals surface area contributed by atoms with Crippen LogP contribution in [0.5, 0.6) is 0 Å².